The molecule has 136 valence electrons. The van der Waals surface area contributed by atoms with Crippen LogP contribution in [0.4, 0.5) is 5.82 Å². The van der Waals surface area contributed by atoms with Crippen molar-refractivity contribution in [2.45, 2.75) is 19.5 Å². The van der Waals surface area contributed by atoms with E-state index in [1.54, 1.807) is 15.9 Å². The SMILES string of the molecule is C=CC(=O)N1CCN(C(=O)Cn2nc(-c3ccccc3)cc2N)[C@@H](C)C1. The highest BCUT2D eigenvalue weighted by molar-refractivity contribution is 5.87. The summed E-state index contributed by atoms with van der Waals surface area (Å²) >= 11 is 0. The van der Waals surface area contributed by atoms with Crippen LogP contribution in [0.3, 0.4) is 0 Å². The first kappa shape index (κ1) is 17.7. The van der Waals surface area contributed by atoms with Crippen LogP contribution in [0.5, 0.6) is 0 Å². The Hall–Kier alpha value is -3.09. The molecule has 2 aromatic rings. The van der Waals surface area contributed by atoms with E-state index in [1.807, 2.05) is 37.3 Å². The average molecular weight is 353 g/mol. The monoisotopic (exact) mass is 353 g/mol. The lowest BCUT2D eigenvalue weighted by Crippen LogP contribution is -2.55. The van der Waals surface area contributed by atoms with Crippen molar-refractivity contribution in [2.24, 2.45) is 0 Å². The number of amides is 2. The Labute approximate surface area is 152 Å². The average Bonchev–Trinajstić information content (AvgIpc) is 3.02. The van der Waals surface area contributed by atoms with E-state index < -0.39 is 0 Å². The molecule has 0 unspecified atom stereocenters. The molecule has 2 N–H and O–H groups in total. The summed E-state index contributed by atoms with van der Waals surface area (Å²) in [6.07, 6.45) is 1.31. The minimum Gasteiger partial charge on any atom is -0.384 e. The van der Waals surface area contributed by atoms with E-state index in [2.05, 4.69) is 11.7 Å². The molecular formula is C19H23N5O2. The molecule has 1 aromatic heterocycles. The summed E-state index contributed by atoms with van der Waals surface area (Å²) in [6, 6.07) is 11.4. The van der Waals surface area contributed by atoms with E-state index in [0.29, 0.717) is 25.5 Å². The molecule has 7 heteroatoms. The molecule has 2 heterocycles. The van der Waals surface area contributed by atoms with Gasteiger partial charge in [-0.2, -0.15) is 5.10 Å². The second-order valence-electron chi connectivity index (χ2n) is 6.40. The van der Waals surface area contributed by atoms with Crippen molar-refractivity contribution in [1.29, 1.82) is 0 Å². The minimum absolute atomic E-state index is 0.0578. The van der Waals surface area contributed by atoms with Gasteiger partial charge in [-0.1, -0.05) is 36.9 Å². The highest BCUT2D eigenvalue weighted by Gasteiger charge is 2.29. The lowest BCUT2D eigenvalue weighted by Gasteiger charge is -2.39. The fraction of sp³-hybridized carbons (Fsp3) is 0.316. The Kier molecular flexibility index (Phi) is 5.06. The lowest BCUT2D eigenvalue weighted by molar-refractivity contribution is -0.140. The zero-order valence-electron chi connectivity index (χ0n) is 14.8. The Morgan fingerprint density at radius 2 is 2.04 bits per heavy atom. The third-order valence-corrected chi connectivity index (χ3v) is 4.60. The molecule has 1 aromatic carbocycles. The number of nitrogen functional groups attached to an aromatic ring is 1. The van der Waals surface area contributed by atoms with Crippen LogP contribution in [0.2, 0.25) is 0 Å². The van der Waals surface area contributed by atoms with Gasteiger partial charge in [-0.3, -0.25) is 9.59 Å². The van der Waals surface area contributed by atoms with Gasteiger partial charge in [0.25, 0.3) is 0 Å². The van der Waals surface area contributed by atoms with E-state index in [4.69, 9.17) is 5.73 Å². The number of piperazine rings is 1. The zero-order valence-corrected chi connectivity index (χ0v) is 14.8. The summed E-state index contributed by atoms with van der Waals surface area (Å²) in [5.41, 5.74) is 7.73. The predicted molar refractivity (Wildman–Crippen MR) is 100 cm³/mol. The van der Waals surface area contributed by atoms with Gasteiger partial charge in [-0.05, 0) is 13.0 Å². The molecule has 1 fully saturated rings. The number of aromatic nitrogens is 2. The molecular weight excluding hydrogens is 330 g/mol. The van der Waals surface area contributed by atoms with Gasteiger partial charge in [-0.15, -0.1) is 0 Å². The van der Waals surface area contributed by atoms with Crippen LogP contribution in [-0.2, 0) is 16.1 Å². The van der Waals surface area contributed by atoms with Crippen LogP contribution in [0, 0.1) is 0 Å². The summed E-state index contributed by atoms with van der Waals surface area (Å²) in [4.78, 5) is 27.9. The van der Waals surface area contributed by atoms with E-state index in [9.17, 15) is 9.59 Å². The van der Waals surface area contributed by atoms with Crippen LogP contribution in [-0.4, -0.2) is 57.1 Å². The Morgan fingerprint density at radius 1 is 1.31 bits per heavy atom. The van der Waals surface area contributed by atoms with Crippen LogP contribution < -0.4 is 5.73 Å². The fourth-order valence-electron chi connectivity index (χ4n) is 3.18. The standard InChI is InChI=1S/C19H23N5O2/c1-3-18(25)22-9-10-23(14(2)12-22)19(26)13-24-17(20)11-16(21-24)15-7-5-4-6-8-15/h3-8,11,14H,1,9-10,12-13,20H2,2H3/t14-/m0/s1. The maximum Gasteiger partial charge on any atom is 0.246 e. The van der Waals surface area contributed by atoms with Crippen molar-refractivity contribution in [1.82, 2.24) is 19.6 Å². The molecule has 7 nitrogen and oxygen atoms in total. The van der Waals surface area contributed by atoms with E-state index in [1.165, 1.54) is 10.8 Å². The van der Waals surface area contributed by atoms with Crippen LogP contribution in [0.1, 0.15) is 6.92 Å². The summed E-state index contributed by atoms with van der Waals surface area (Å²) in [5, 5.41) is 4.46. The Morgan fingerprint density at radius 3 is 2.69 bits per heavy atom. The number of anilines is 1. The van der Waals surface area contributed by atoms with E-state index >= 15 is 0 Å². The van der Waals surface area contributed by atoms with Crippen molar-refractivity contribution in [3.05, 3.63) is 49.1 Å². The molecule has 1 aliphatic rings. The number of hydrogen-bond donors (Lipinski definition) is 1. The molecule has 0 spiro atoms. The van der Waals surface area contributed by atoms with Crippen molar-refractivity contribution in [3.63, 3.8) is 0 Å². The van der Waals surface area contributed by atoms with Gasteiger partial charge in [0.2, 0.25) is 11.8 Å². The quantitative estimate of drug-likeness (QED) is 0.842. The van der Waals surface area contributed by atoms with E-state index in [-0.39, 0.29) is 24.4 Å². The topological polar surface area (TPSA) is 84.5 Å². The van der Waals surface area contributed by atoms with Crippen LogP contribution >= 0.6 is 0 Å². The number of rotatable bonds is 4. The first-order chi connectivity index (χ1) is 12.5. The molecule has 0 saturated carbocycles. The molecule has 26 heavy (non-hydrogen) atoms. The van der Waals surface area contributed by atoms with Gasteiger partial charge in [0.1, 0.15) is 12.4 Å². The summed E-state index contributed by atoms with van der Waals surface area (Å²) in [6.45, 7) is 7.02. The second kappa shape index (κ2) is 7.43. The predicted octanol–water partition coefficient (Wildman–Crippen LogP) is 1.38. The van der Waals surface area contributed by atoms with Gasteiger partial charge in [0, 0.05) is 37.3 Å². The van der Waals surface area contributed by atoms with Gasteiger partial charge in [-0.25, -0.2) is 4.68 Å². The van der Waals surface area contributed by atoms with Crippen LogP contribution in [0.25, 0.3) is 11.3 Å². The molecule has 0 radical (unpaired) electrons. The van der Waals surface area contributed by atoms with Gasteiger partial charge >= 0.3 is 0 Å². The maximum absolute atomic E-state index is 12.7. The first-order valence-corrected chi connectivity index (χ1v) is 8.59. The van der Waals surface area contributed by atoms with Gasteiger partial charge in [0.05, 0.1) is 5.69 Å². The highest BCUT2D eigenvalue weighted by atomic mass is 16.2. The molecule has 3 rings (SSSR count). The van der Waals surface area contributed by atoms with Crippen molar-refractivity contribution < 1.29 is 9.59 Å². The van der Waals surface area contributed by atoms with E-state index in [0.717, 1.165) is 11.3 Å². The highest BCUT2D eigenvalue weighted by Crippen LogP contribution is 2.20. The number of nitrogens with two attached hydrogens (primary N) is 1. The van der Waals surface area contributed by atoms with Crippen molar-refractivity contribution >= 4 is 17.6 Å². The normalized spacial score (nSPS) is 17.2. The largest absolute Gasteiger partial charge is 0.384 e. The molecule has 1 aliphatic heterocycles. The number of hydrogen-bond acceptors (Lipinski definition) is 4. The maximum atomic E-state index is 12.7. The second-order valence-corrected chi connectivity index (χ2v) is 6.40. The molecule has 2 amide bonds. The van der Waals surface area contributed by atoms with Gasteiger partial charge < -0.3 is 15.5 Å². The third-order valence-electron chi connectivity index (χ3n) is 4.60. The number of nitrogens with zero attached hydrogens (tertiary/aromatic N) is 4. The fourth-order valence-corrected chi connectivity index (χ4v) is 3.18. The minimum atomic E-state index is -0.104. The zero-order chi connectivity index (χ0) is 18.7. The summed E-state index contributed by atoms with van der Waals surface area (Å²) < 4.78 is 1.53. The molecule has 0 aliphatic carbocycles. The third kappa shape index (κ3) is 3.61. The number of carbonyl (C=O) groups excluding carboxylic acids is 2. The lowest BCUT2D eigenvalue weighted by atomic mass is 10.2. The van der Waals surface area contributed by atoms with Crippen LogP contribution in [0.15, 0.2) is 49.1 Å². The smallest absolute Gasteiger partial charge is 0.246 e. The molecule has 1 atom stereocenters. The number of carbonyl (C=O) groups is 2. The Balaban J connectivity index is 1.68. The molecule has 0 bridgehead atoms. The number of benzene rings is 1. The van der Waals surface area contributed by atoms with Crippen molar-refractivity contribution in [3.8, 4) is 11.3 Å². The Bertz CT molecular complexity index is 815. The first-order valence-electron chi connectivity index (χ1n) is 8.59. The summed E-state index contributed by atoms with van der Waals surface area (Å²) in [5.74, 6) is 0.288. The van der Waals surface area contributed by atoms with Gasteiger partial charge in [0.15, 0.2) is 0 Å². The van der Waals surface area contributed by atoms with Crippen molar-refractivity contribution in [2.75, 3.05) is 25.4 Å². The summed E-state index contributed by atoms with van der Waals surface area (Å²) in [7, 11) is 0. The molecule has 1 saturated heterocycles.